The molecule has 1 atom stereocenters. The number of hydrogen-bond acceptors (Lipinski definition) is 3. The number of carboxylic acids is 1. The zero-order chi connectivity index (χ0) is 14.8. The molecular weight excluding hydrogens is 281 g/mol. The average molecular weight is 297 g/mol. The van der Waals surface area contributed by atoms with Gasteiger partial charge in [-0.25, -0.2) is 4.39 Å². The molecule has 0 aromatic heterocycles. The highest BCUT2D eigenvalue weighted by molar-refractivity contribution is 8.00. The lowest BCUT2D eigenvalue weighted by atomic mass is 9.90. The Morgan fingerprint density at radius 1 is 1.40 bits per heavy atom. The van der Waals surface area contributed by atoms with Gasteiger partial charge in [-0.3, -0.25) is 9.59 Å². The molecule has 1 aliphatic heterocycles. The van der Waals surface area contributed by atoms with E-state index in [1.165, 1.54) is 23.9 Å². The molecule has 108 valence electrons. The molecule has 0 radical (unpaired) electrons. The maximum absolute atomic E-state index is 12.8. The van der Waals surface area contributed by atoms with Crippen molar-refractivity contribution in [2.45, 2.75) is 18.2 Å². The Bertz CT molecular complexity index is 520. The van der Waals surface area contributed by atoms with Gasteiger partial charge in [-0.05, 0) is 37.6 Å². The number of nitrogens with zero attached hydrogens (tertiary/aromatic N) is 1. The van der Waals surface area contributed by atoms with E-state index in [1.807, 2.05) is 0 Å². The molecule has 1 heterocycles. The molecule has 1 amide bonds. The van der Waals surface area contributed by atoms with Crippen LogP contribution in [0.5, 0.6) is 0 Å². The van der Waals surface area contributed by atoms with Crippen LogP contribution in [0.2, 0.25) is 0 Å². The van der Waals surface area contributed by atoms with Crippen molar-refractivity contribution in [2.24, 2.45) is 5.41 Å². The fraction of sp³-hybridized carbons (Fsp3) is 0.429. The zero-order valence-electron chi connectivity index (χ0n) is 11.1. The van der Waals surface area contributed by atoms with E-state index in [9.17, 15) is 14.0 Å². The smallest absolute Gasteiger partial charge is 0.311 e. The summed E-state index contributed by atoms with van der Waals surface area (Å²) in [4.78, 5) is 25.6. The molecule has 1 N–H and O–H groups in total. The molecule has 6 heteroatoms. The van der Waals surface area contributed by atoms with E-state index in [1.54, 1.807) is 24.0 Å². The lowest BCUT2D eigenvalue weighted by Gasteiger charge is -2.20. The van der Waals surface area contributed by atoms with Gasteiger partial charge in [0.25, 0.3) is 0 Å². The molecule has 4 nitrogen and oxygen atoms in total. The van der Waals surface area contributed by atoms with E-state index < -0.39 is 11.4 Å². The number of thioether (sulfide) groups is 1. The molecule has 1 aromatic carbocycles. The number of amides is 1. The molecule has 0 saturated carbocycles. The molecule has 0 spiro atoms. The molecule has 1 aliphatic rings. The highest BCUT2D eigenvalue weighted by Gasteiger charge is 2.41. The Hall–Kier alpha value is -1.56. The fourth-order valence-corrected chi connectivity index (χ4v) is 2.92. The summed E-state index contributed by atoms with van der Waals surface area (Å²) >= 11 is 1.33. The van der Waals surface area contributed by atoms with E-state index in [0.29, 0.717) is 13.0 Å². The maximum Gasteiger partial charge on any atom is 0.311 e. The van der Waals surface area contributed by atoms with E-state index in [-0.39, 0.29) is 24.0 Å². The number of carboxylic acid groups (broad SMARTS) is 1. The molecule has 20 heavy (non-hydrogen) atoms. The van der Waals surface area contributed by atoms with Crippen LogP contribution >= 0.6 is 11.8 Å². The maximum atomic E-state index is 12.8. The van der Waals surface area contributed by atoms with Crippen LogP contribution < -0.4 is 0 Å². The van der Waals surface area contributed by atoms with Gasteiger partial charge < -0.3 is 10.0 Å². The third-order valence-electron chi connectivity index (χ3n) is 3.52. The lowest BCUT2D eigenvalue weighted by Crippen LogP contribution is -2.35. The molecule has 0 aliphatic carbocycles. The molecule has 1 fully saturated rings. The molecule has 1 unspecified atom stereocenters. The van der Waals surface area contributed by atoms with E-state index >= 15 is 0 Å². The lowest BCUT2D eigenvalue weighted by molar-refractivity contribution is -0.147. The summed E-state index contributed by atoms with van der Waals surface area (Å²) in [6, 6.07) is 5.95. The average Bonchev–Trinajstić information content (AvgIpc) is 2.82. The van der Waals surface area contributed by atoms with Crippen molar-refractivity contribution in [3.05, 3.63) is 30.1 Å². The summed E-state index contributed by atoms with van der Waals surface area (Å²) in [5, 5.41) is 9.13. The molecule has 0 bridgehead atoms. The van der Waals surface area contributed by atoms with Crippen molar-refractivity contribution in [3.8, 4) is 0 Å². The minimum atomic E-state index is -0.862. The van der Waals surface area contributed by atoms with Gasteiger partial charge in [0, 0.05) is 18.0 Å². The van der Waals surface area contributed by atoms with E-state index in [0.717, 1.165) is 4.90 Å². The van der Waals surface area contributed by atoms with Gasteiger partial charge in [0.15, 0.2) is 0 Å². The number of carbonyl (C=O) groups excluding carboxylic acids is 1. The summed E-state index contributed by atoms with van der Waals surface area (Å²) < 4.78 is 12.8. The minimum Gasteiger partial charge on any atom is -0.481 e. The summed E-state index contributed by atoms with van der Waals surface area (Å²) in [5.74, 6) is -1.01. The Morgan fingerprint density at radius 3 is 2.60 bits per heavy atom. The van der Waals surface area contributed by atoms with Gasteiger partial charge in [0.1, 0.15) is 5.82 Å². The number of carbonyl (C=O) groups is 2. The minimum absolute atomic E-state index is 0.0794. The number of rotatable bonds is 4. The van der Waals surface area contributed by atoms with Crippen molar-refractivity contribution in [2.75, 3.05) is 18.8 Å². The van der Waals surface area contributed by atoms with Crippen molar-refractivity contribution in [1.29, 1.82) is 0 Å². The standard InChI is InChI=1S/C14H16FNO3S/c1-14(13(18)19)6-7-16(9-14)12(17)8-20-11-4-2-10(15)3-5-11/h2-5H,6-9H2,1H3,(H,18,19). The van der Waals surface area contributed by atoms with Crippen molar-refractivity contribution in [1.82, 2.24) is 4.90 Å². The number of hydrogen-bond donors (Lipinski definition) is 1. The number of benzene rings is 1. The highest BCUT2D eigenvalue weighted by atomic mass is 32.2. The first kappa shape index (κ1) is 14.8. The Morgan fingerprint density at radius 2 is 2.05 bits per heavy atom. The van der Waals surface area contributed by atoms with Gasteiger partial charge in [0.05, 0.1) is 11.2 Å². The van der Waals surface area contributed by atoms with Crippen LogP contribution in [0.4, 0.5) is 4.39 Å². The molecule has 1 saturated heterocycles. The van der Waals surface area contributed by atoms with Gasteiger partial charge in [0.2, 0.25) is 5.91 Å². The first-order chi connectivity index (χ1) is 9.40. The first-order valence-corrected chi connectivity index (χ1v) is 7.29. The zero-order valence-corrected chi connectivity index (χ0v) is 12.0. The second-order valence-electron chi connectivity index (χ2n) is 5.17. The fourth-order valence-electron chi connectivity index (χ4n) is 2.12. The molecule has 2 rings (SSSR count). The van der Waals surface area contributed by atoms with Crippen molar-refractivity contribution >= 4 is 23.6 Å². The quantitative estimate of drug-likeness (QED) is 0.866. The monoisotopic (exact) mass is 297 g/mol. The Balaban J connectivity index is 1.87. The van der Waals surface area contributed by atoms with Crippen LogP contribution in [0.3, 0.4) is 0 Å². The third-order valence-corrected chi connectivity index (χ3v) is 4.52. The Kier molecular flexibility index (Phi) is 4.32. The number of aliphatic carboxylic acids is 1. The number of likely N-dealkylation sites (tertiary alicyclic amines) is 1. The van der Waals surface area contributed by atoms with Crippen LogP contribution in [-0.4, -0.2) is 40.7 Å². The van der Waals surface area contributed by atoms with Gasteiger partial charge >= 0.3 is 5.97 Å². The van der Waals surface area contributed by atoms with E-state index in [2.05, 4.69) is 0 Å². The summed E-state index contributed by atoms with van der Waals surface area (Å²) in [6.07, 6.45) is 0.481. The summed E-state index contributed by atoms with van der Waals surface area (Å²) in [5.41, 5.74) is -0.837. The first-order valence-electron chi connectivity index (χ1n) is 6.30. The van der Waals surface area contributed by atoms with E-state index in [4.69, 9.17) is 5.11 Å². The molecule has 1 aromatic rings. The van der Waals surface area contributed by atoms with Crippen LogP contribution in [0.1, 0.15) is 13.3 Å². The van der Waals surface area contributed by atoms with Gasteiger partial charge in [-0.2, -0.15) is 0 Å². The van der Waals surface area contributed by atoms with Crippen LogP contribution in [0.25, 0.3) is 0 Å². The van der Waals surface area contributed by atoms with Crippen molar-refractivity contribution in [3.63, 3.8) is 0 Å². The SMILES string of the molecule is CC1(C(=O)O)CCN(C(=O)CSc2ccc(F)cc2)C1. The van der Waals surface area contributed by atoms with Crippen LogP contribution in [0.15, 0.2) is 29.2 Å². The largest absolute Gasteiger partial charge is 0.481 e. The number of halogens is 1. The molecular formula is C14H16FNO3S. The Labute approximate surface area is 121 Å². The highest BCUT2D eigenvalue weighted by Crippen LogP contribution is 2.30. The predicted molar refractivity (Wildman–Crippen MR) is 74.1 cm³/mol. The predicted octanol–water partition coefficient (Wildman–Crippen LogP) is 2.24. The second kappa shape index (κ2) is 5.83. The van der Waals surface area contributed by atoms with Crippen LogP contribution in [0, 0.1) is 11.2 Å². The normalized spacial score (nSPS) is 22.0. The summed E-state index contributed by atoms with van der Waals surface area (Å²) in [6.45, 7) is 2.40. The topological polar surface area (TPSA) is 57.6 Å². The van der Waals surface area contributed by atoms with Crippen molar-refractivity contribution < 1.29 is 19.1 Å². The van der Waals surface area contributed by atoms with Crippen LogP contribution in [-0.2, 0) is 9.59 Å². The summed E-state index contributed by atoms with van der Waals surface area (Å²) in [7, 11) is 0. The van der Waals surface area contributed by atoms with Gasteiger partial charge in [-0.15, -0.1) is 11.8 Å². The third kappa shape index (κ3) is 3.30. The van der Waals surface area contributed by atoms with Gasteiger partial charge in [-0.1, -0.05) is 0 Å². The second-order valence-corrected chi connectivity index (χ2v) is 6.22.